The number of thiazole rings is 1. The Morgan fingerprint density at radius 2 is 2.10 bits per heavy atom. The number of nitrogens with one attached hydrogen (secondary N) is 1. The second-order valence-electron chi connectivity index (χ2n) is 5.03. The molecule has 2 rings (SSSR count). The zero-order valence-corrected chi connectivity index (χ0v) is 14.7. The van der Waals surface area contributed by atoms with Crippen molar-refractivity contribution >= 4 is 42.1 Å². The third-order valence-corrected chi connectivity index (χ3v) is 4.59. The predicted octanol–water partition coefficient (Wildman–Crippen LogP) is 2.23. The summed E-state index contributed by atoms with van der Waals surface area (Å²) in [5.41, 5.74) is 7.02. The van der Waals surface area contributed by atoms with E-state index in [0.717, 1.165) is 23.5 Å². The summed E-state index contributed by atoms with van der Waals surface area (Å²) in [6.45, 7) is 5.29. The van der Waals surface area contributed by atoms with E-state index in [1.807, 2.05) is 19.2 Å². The molecule has 0 aromatic carbocycles. The molecule has 0 aliphatic carbocycles. The first-order chi connectivity index (χ1) is 9.08. The van der Waals surface area contributed by atoms with Crippen LogP contribution in [0.3, 0.4) is 0 Å². The van der Waals surface area contributed by atoms with Crippen LogP contribution in [0.2, 0.25) is 0 Å². The Kier molecular flexibility index (Phi) is 9.40. The van der Waals surface area contributed by atoms with Crippen LogP contribution in [0.4, 0.5) is 0 Å². The molecule has 8 heteroatoms. The third kappa shape index (κ3) is 5.71. The monoisotopic (exact) mass is 355 g/mol. The van der Waals surface area contributed by atoms with E-state index in [0.29, 0.717) is 13.2 Å². The molecule has 0 radical (unpaired) electrons. The Balaban J connectivity index is 0.00000200. The highest BCUT2D eigenvalue weighted by Crippen LogP contribution is 2.20. The Morgan fingerprint density at radius 1 is 1.48 bits per heavy atom. The maximum Gasteiger partial charge on any atom is 0.237 e. The summed E-state index contributed by atoms with van der Waals surface area (Å²) in [5.74, 6) is 0.131. The van der Waals surface area contributed by atoms with Gasteiger partial charge in [0, 0.05) is 24.3 Å². The van der Waals surface area contributed by atoms with Gasteiger partial charge in [0.2, 0.25) is 5.91 Å². The number of hydrogen-bond acceptors (Lipinski definition) is 5. The summed E-state index contributed by atoms with van der Waals surface area (Å²) in [5, 5.41) is 5.85. The van der Waals surface area contributed by atoms with Crippen LogP contribution < -0.4 is 11.1 Å². The molecule has 0 bridgehead atoms. The molecule has 1 saturated heterocycles. The standard InChI is InChI=1S/C13H21N3O2S.2ClH/c1-8-7-19-13(15-8)9(2)16-12(17)11(14)10-3-5-18-6-4-10;;/h7,9-11H,3-6,14H2,1-2H3,(H,16,17);2*1H. The maximum atomic E-state index is 12.1. The maximum absolute atomic E-state index is 12.1. The molecule has 1 amide bonds. The summed E-state index contributed by atoms with van der Waals surface area (Å²) in [6, 6.07) is -0.538. The van der Waals surface area contributed by atoms with Crippen molar-refractivity contribution < 1.29 is 9.53 Å². The highest BCUT2D eigenvalue weighted by atomic mass is 35.5. The topological polar surface area (TPSA) is 77.2 Å². The van der Waals surface area contributed by atoms with Crippen LogP contribution in [0.5, 0.6) is 0 Å². The molecule has 122 valence electrons. The summed E-state index contributed by atoms with van der Waals surface area (Å²) in [4.78, 5) is 16.5. The zero-order chi connectivity index (χ0) is 13.8. The third-order valence-electron chi connectivity index (χ3n) is 3.44. The van der Waals surface area contributed by atoms with Crippen LogP contribution in [0.25, 0.3) is 0 Å². The minimum absolute atomic E-state index is 0. The van der Waals surface area contributed by atoms with Crippen molar-refractivity contribution in [1.29, 1.82) is 0 Å². The number of carbonyl (C=O) groups excluding carboxylic acids is 1. The first-order valence-electron chi connectivity index (χ1n) is 6.63. The summed E-state index contributed by atoms with van der Waals surface area (Å²) in [7, 11) is 0. The lowest BCUT2D eigenvalue weighted by atomic mass is 9.92. The quantitative estimate of drug-likeness (QED) is 0.867. The number of aryl methyl sites for hydroxylation is 1. The van der Waals surface area contributed by atoms with E-state index < -0.39 is 6.04 Å². The van der Waals surface area contributed by atoms with Crippen molar-refractivity contribution in [3.63, 3.8) is 0 Å². The molecular weight excluding hydrogens is 333 g/mol. The molecule has 2 heterocycles. The lowest BCUT2D eigenvalue weighted by molar-refractivity contribution is -0.125. The van der Waals surface area contributed by atoms with Crippen molar-refractivity contribution in [2.24, 2.45) is 11.7 Å². The Morgan fingerprint density at radius 3 is 2.62 bits per heavy atom. The number of amides is 1. The second-order valence-corrected chi connectivity index (χ2v) is 5.92. The Hall–Kier alpha value is -0.400. The molecule has 3 N–H and O–H groups in total. The van der Waals surface area contributed by atoms with E-state index in [1.54, 1.807) is 11.3 Å². The molecule has 0 saturated carbocycles. The molecule has 1 aromatic rings. The number of carbonyl (C=O) groups is 1. The molecular formula is C13H23Cl2N3O2S. The first-order valence-corrected chi connectivity index (χ1v) is 7.51. The van der Waals surface area contributed by atoms with Gasteiger partial charge in [-0.25, -0.2) is 4.98 Å². The van der Waals surface area contributed by atoms with Crippen LogP contribution in [0.15, 0.2) is 5.38 Å². The number of rotatable bonds is 4. The van der Waals surface area contributed by atoms with Gasteiger partial charge in [0.25, 0.3) is 0 Å². The van der Waals surface area contributed by atoms with Gasteiger partial charge in [-0.15, -0.1) is 36.2 Å². The minimum atomic E-state index is -0.451. The normalized spacial score (nSPS) is 18.0. The fraction of sp³-hybridized carbons (Fsp3) is 0.692. The van der Waals surface area contributed by atoms with Crippen LogP contribution in [-0.2, 0) is 9.53 Å². The summed E-state index contributed by atoms with van der Waals surface area (Å²) >= 11 is 1.56. The van der Waals surface area contributed by atoms with E-state index in [4.69, 9.17) is 10.5 Å². The Bertz CT molecular complexity index is 439. The van der Waals surface area contributed by atoms with Crippen molar-refractivity contribution in [2.45, 2.75) is 38.8 Å². The molecule has 1 aliphatic rings. The van der Waals surface area contributed by atoms with Gasteiger partial charge < -0.3 is 15.8 Å². The van der Waals surface area contributed by atoms with Crippen LogP contribution >= 0.6 is 36.2 Å². The van der Waals surface area contributed by atoms with Crippen molar-refractivity contribution in [3.05, 3.63) is 16.1 Å². The average molecular weight is 356 g/mol. The number of nitrogens with two attached hydrogens (primary N) is 1. The molecule has 0 spiro atoms. The molecule has 21 heavy (non-hydrogen) atoms. The van der Waals surface area contributed by atoms with Crippen LogP contribution in [0, 0.1) is 12.8 Å². The first kappa shape index (κ1) is 20.6. The molecule has 1 fully saturated rings. The van der Waals surface area contributed by atoms with Crippen LogP contribution in [0.1, 0.15) is 36.5 Å². The van der Waals surface area contributed by atoms with Gasteiger partial charge in [-0.2, -0.15) is 0 Å². The highest BCUT2D eigenvalue weighted by Gasteiger charge is 2.27. The number of halogens is 2. The highest BCUT2D eigenvalue weighted by molar-refractivity contribution is 7.09. The number of ether oxygens (including phenoxy) is 1. The minimum Gasteiger partial charge on any atom is -0.381 e. The lowest BCUT2D eigenvalue weighted by Crippen LogP contribution is -2.47. The van der Waals surface area contributed by atoms with Crippen molar-refractivity contribution in [3.8, 4) is 0 Å². The molecule has 1 aromatic heterocycles. The van der Waals surface area contributed by atoms with Gasteiger partial charge in [0.1, 0.15) is 5.01 Å². The van der Waals surface area contributed by atoms with Gasteiger partial charge in [0.15, 0.2) is 0 Å². The SMILES string of the molecule is Cc1csc(C(C)NC(=O)C(N)C2CCOCC2)n1.Cl.Cl. The zero-order valence-electron chi connectivity index (χ0n) is 12.2. The largest absolute Gasteiger partial charge is 0.381 e. The van der Waals surface area contributed by atoms with Crippen molar-refractivity contribution in [1.82, 2.24) is 10.3 Å². The number of aromatic nitrogens is 1. The van der Waals surface area contributed by atoms with E-state index in [2.05, 4.69) is 10.3 Å². The van der Waals surface area contributed by atoms with Gasteiger partial charge in [-0.1, -0.05) is 0 Å². The van der Waals surface area contributed by atoms with Gasteiger partial charge in [-0.05, 0) is 32.6 Å². The smallest absolute Gasteiger partial charge is 0.237 e. The summed E-state index contributed by atoms with van der Waals surface area (Å²) in [6.07, 6.45) is 1.72. The van der Waals surface area contributed by atoms with E-state index in [-0.39, 0.29) is 42.7 Å². The van der Waals surface area contributed by atoms with E-state index in [1.165, 1.54) is 0 Å². The number of hydrogen-bond donors (Lipinski definition) is 2. The van der Waals surface area contributed by atoms with Crippen LogP contribution in [-0.4, -0.2) is 30.1 Å². The van der Waals surface area contributed by atoms with Gasteiger partial charge in [-0.3, -0.25) is 4.79 Å². The molecule has 2 unspecified atom stereocenters. The molecule has 1 aliphatic heterocycles. The fourth-order valence-electron chi connectivity index (χ4n) is 2.23. The van der Waals surface area contributed by atoms with Gasteiger partial charge >= 0.3 is 0 Å². The van der Waals surface area contributed by atoms with E-state index >= 15 is 0 Å². The summed E-state index contributed by atoms with van der Waals surface area (Å²) < 4.78 is 5.29. The predicted molar refractivity (Wildman–Crippen MR) is 89.4 cm³/mol. The number of nitrogens with zero attached hydrogens (tertiary/aromatic N) is 1. The van der Waals surface area contributed by atoms with E-state index in [9.17, 15) is 4.79 Å². The van der Waals surface area contributed by atoms with Gasteiger partial charge in [0.05, 0.1) is 12.1 Å². The van der Waals surface area contributed by atoms with Crippen molar-refractivity contribution in [2.75, 3.05) is 13.2 Å². The lowest BCUT2D eigenvalue weighted by Gasteiger charge is -2.27. The average Bonchev–Trinajstić information content (AvgIpc) is 2.85. The Labute approximate surface area is 141 Å². The fourth-order valence-corrected chi connectivity index (χ4v) is 3.04. The molecule has 2 atom stereocenters. The molecule has 5 nitrogen and oxygen atoms in total. The second kappa shape index (κ2) is 9.58.